The first-order valence-corrected chi connectivity index (χ1v) is 9.00. The summed E-state index contributed by atoms with van der Waals surface area (Å²) in [6, 6.07) is 10.2. The second kappa shape index (κ2) is 8.17. The van der Waals surface area contributed by atoms with E-state index in [1.54, 1.807) is 0 Å². The Kier molecular flexibility index (Phi) is 5.71. The largest absolute Gasteiger partial charge is 0.299 e. The minimum absolute atomic E-state index is 0.00862. The molecule has 0 atom stereocenters. The second-order valence-corrected chi connectivity index (χ2v) is 6.96. The summed E-state index contributed by atoms with van der Waals surface area (Å²) >= 11 is 1.45. The van der Waals surface area contributed by atoms with E-state index in [9.17, 15) is 4.79 Å². The number of hydrogen-bond donors (Lipinski definition) is 1. The van der Waals surface area contributed by atoms with Gasteiger partial charge in [0.2, 0.25) is 11.0 Å². The molecule has 2 aromatic rings. The van der Waals surface area contributed by atoms with Gasteiger partial charge < -0.3 is 0 Å². The Hall–Kier alpha value is -1.79. The van der Waals surface area contributed by atoms with Crippen LogP contribution in [0.4, 0.5) is 5.13 Å². The molecule has 0 bridgehead atoms. The number of carbonyl (C=O) groups is 1. The quantitative estimate of drug-likeness (QED) is 0.916. The molecule has 1 fully saturated rings. The van der Waals surface area contributed by atoms with Crippen molar-refractivity contribution in [1.29, 1.82) is 0 Å². The van der Waals surface area contributed by atoms with Crippen LogP contribution < -0.4 is 5.32 Å². The van der Waals surface area contributed by atoms with E-state index in [0.717, 1.165) is 24.5 Å². The van der Waals surface area contributed by atoms with Crippen molar-refractivity contribution in [2.45, 2.75) is 32.1 Å². The van der Waals surface area contributed by atoms with Gasteiger partial charge in [-0.25, -0.2) is 0 Å². The standard InChI is InChI=1S/C17H22N4OS/c22-15(13-21-10-6-1-2-7-11-21)18-17-20-19-16(23-17)12-14-8-4-3-5-9-14/h3-5,8-9H,1-2,6-7,10-13H2,(H,18,20,22). The Morgan fingerprint density at radius 2 is 1.83 bits per heavy atom. The fourth-order valence-corrected chi connectivity index (χ4v) is 3.59. The van der Waals surface area contributed by atoms with Crippen LogP contribution in [0.5, 0.6) is 0 Å². The number of amides is 1. The number of aromatic nitrogens is 2. The van der Waals surface area contributed by atoms with E-state index in [1.807, 2.05) is 18.2 Å². The highest BCUT2D eigenvalue weighted by Crippen LogP contribution is 2.18. The summed E-state index contributed by atoms with van der Waals surface area (Å²) in [5.41, 5.74) is 1.20. The smallest absolute Gasteiger partial charge is 0.240 e. The number of rotatable bonds is 5. The molecule has 0 unspecified atom stereocenters. The zero-order chi connectivity index (χ0) is 15.9. The molecule has 0 aliphatic carbocycles. The number of benzene rings is 1. The average molecular weight is 330 g/mol. The first-order chi connectivity index (χ1) is 11.3. The molecular formula is C17H22N4OS. The maximum absolute atomic E-state index is 12.1. The first-order valence-electron chi connectivity index (χ1n) is 8.18. The number of carbonyl (C=O) groups excluding carboxylic acids is 1. The Morgan fingerprint density at radius 1 is 1.09 bits per heavy atom. The van der Waals surface area contributed by atoms with Gasteiger partial charge in [0, 0.05) is 6.42 Å². The zero-order valence-electron chi connectivity index (χ0n) is 13.2. The molecule has 5 nitrogen and oxygen atoms in total. The maximum atomic E-state index is 12.1. The normalized spacial score (nSPS) is 16.0. The minimum atomic E-state index is 0.00862. The molecule has 3 rings (SSSR count). The summed E-state index contributed by atoms with van der Waals surface area (Å²) in [5.74, 6) is 0.00862. The topological polar surface area (TPSA) is 58.1 Å². The number of likely N-dealkylation sites (tertiary alicyclic amines) is 1. The van der Waals surface area contributed by atoms with Crippen LogP contribution >= 0.6 is 11.3 Å². The third-order valence-corrected chi connectivity index (χ3v) is 4.82. The fraction of sp³-hybridized carbons (Fsp3) is 0.471. The zero-order valence-corrected chi connectivity index (χ0v) is 14.0. The van der Waals surface area contributed by atoms with Crippen molar-refractivity contribution in [3.05, 3.63) is 40.9 Å². The summed E-state index contributed by atoms with van der Waals surface area (Å²) in [6.45, 7) is 2.49. The van der Waals surface area contributed by atoms with Crippen molar-refractivity contribution >= 4 is 22.4 Å². The van der Waals surface area contributed by atoms with Crippen LogP contribution in [-0.2, 0) is 11.2 Å². The molecular weight excluding hydrogens is 308 g/mol. The number of nitrogens with one attached hydrogen (secondary N) is 1. The molecule has 0 saturated carbocycles. The van der Waals surface area contributed by atoms with Crippen LogP contribution in [0.3, 0.4) is 0 Å². The van der Waals surface area contributed by atoms with Gasteiger partial charge in [0.15, 0.2) is 0 Å². The lowest BCUT2D eigenvalue weighted by Crippen LogP contribution is -2.33. The Balaban J connectivity index is 1.51. The van der Waals surface area contributed by atoms with Crippen LogP contribution in [-0.4, -0.2) is 40.6 Å². The molecule has 122 valence electrons. The molecule has 1 amide bonds. The van der Waals surface area contributed by atoms with E-state index in [-0.39, 0.29) is 5.91 Å². The van der Waals surface area contributed by atoms with Crippen LogP contribution in [0.25, 0.3) is 0 Å². The van der Waals surface area contributed by atoms with Crippen molar-refractivity contribution < 1.29 is 4.79 Å². The SMILES string of the molecule is O=C(CN1CCCCCC1)Nc1nnc(Cc2ccccc2)s1. The first kappa shape index (κ1) is 16.1. The van der Waals surface area contributed by atoms with E-state index < -0.39 is 0 Å². The van der Waals surface area contributed by atoms with Crippen molar-refractivity contribution in [2.24, 2.45) is 0 Å². The highest BCUT2D eigenvalue weighted by atomic mass is 32.1. The van der Waals surface area contributed by atoms with E-state index in [2.05, 4.69) is 32.5 Å². The predicted octanol–water partition coefficient (Wildman–Crippen LogP) is 2.94. The van der Waals surface area contributed by atoms with Crippen LogP contribution in [0.1, 0.15) is 36.3 Å². The third-order valence-electron chi connectivity index (χ3n) is 3.98. The summed E-state index contributed by atoms with van der Waals surface area (Å²) in [4.78, 5) is 14.4. The van der Waals surface area contributed by atoms with Crippen molar-refractivity contribution in [1.82, 2.24) is 15.1 Å². The molecule has 0 spiro atoms. The Bertz CT molecular complexity index is 621. The highest BCUT2D eigenvalue weighted by molar-refractivity contribution is 7.15. The molecule has 6 heteroatoms. The molecule has 1 aliphatic heterocycles. The lowest BCUT2D eigenvalue weighted by Gasteiger charge is -2.18. The van der Waals surface area contributed by atoms with E-state index in [4.69, 9.17) is 0 Å². The molecule has 1 aliphatic rings. The highest BCUT2D eigenvalue weighted by Gasteiger charge is 2.14. The van der Waals surface area contributed by atoms with Crippen molar-refractivity contribution in [2.75, 3.05) is 25.0 Å². The lowest BCUT2D eigenvalue weighted by atomic mass is 10.2. The van der Waals surface area contributed by atoms with Gasteiger partial charge in [-0.3, -0.25) is 15.0 Å². The molecule has 2 heterocycles. The second-order valence-electron chi connectivity index (χ2n) is 5.90. The fourth-order valence-electron chi connectivity index (χ4n) is 2.80. The molecule has 1 N–H and O–H groups in total. The van der Waals surface area contributed by atoms with Gasteiger partial charge in [-0.15, -0.1) is 10.2 Å². The van der Waals surface area contributed by atoms with Gasteiger partial charge in [0.1, 0.15) is 5.01 Å². The van der Waals surface area contributed by atoms with E-state index >= 15 is 0 Å². The lowest BCUT2D eigenvalue weighted by molar-refractivity contribution is -0.117. The van der Waals surface area contributed by atoms with Crippen molar-refractivity contribution in [3.63, 3.8) is 0 Å². The van der Waals surface area contributed by atoms with Gasteiger partial charge in [0.25, 0.3) is 0 Å². The molecule has 1 saturated heterocycles. The van der Waals surface area contributed by atoms with Gasteiger partial charge in [0.05, 0.1) is 6.54 Å². The van der Waals surface area contributed by atoms with Crippen LogP contribution in [0, 0.1) is 0 Å². The Labute approximate surface area is 140 Å². The van der Waals surface area contributed by atoms with Crippen LogP contribution in [0.15, 0.2) is 30.3 Å². The summed E-state index contributed by atoms with van der Waals surface area (Å²) in [7, 11) is 0. The maximum Gasteiger partial charge on any atom is 0.240 e. The molecule has 23 heavy (non-hydrogen) atoms. The third kappa shape index (κ3) is 5.11. The van der Waals surface area contributed by atoms with Crippen LogP contribution in [0.2, 0.25) is 0 Å². The van der Waals surface area contributed by atoms with E-state index in [1.165, 1.54) is 42.6 Å². The van der Waals surface area contributed by atoms with Gasteiger partial charge in [-0.1, -0.05) is 54.5 Å². The molecule has 0 radical (unpaired) electrons. The van der Waals surface area contributed by atoms with Gasteiger partial charge in [-0.2, -0.15) is 0 Å². The monoisotopic (exact) mass is 330 g/mol. The average Bonchev–Trinajstić information content (AvgIpc) is 2.82. The molecule has 1 aromatic heterocycles. The van der Waals surface area contributed by atoms with Crippen molar-refractivity contribution in [3.8, 4) is 0 Å². The van der Waals surface area contributed by atoms with Gasteiger partial charge in [-0.05, 0) is 31.5 Å². The van der Waals surface area contributed by atoms with E-state index in [0.29, 0.717) is 11.7 Å². The number of hydrogen-bond acceptors (Lipinski definition) is 5. The predicted molar refractivity (Wildman–Crippen MR) is 92.7 cm³/mol. The Morgan fingerprint density at radius 3 is 2.57 bits per heavy atom. The number of nitrogens with zero attached hydrogens (tertiary/aromatic N) is 3. The minimum Gasteiger partial charge on any atom is -0.299 e. The summed E-state index contributed by atoms with van der Waals surface area (Å²) in [6.07, 6.45) is 5.68. The summed E-state index contributed by atoms with van der Waals surface area (Å²) in [5, 5.41) is 12.6. The summed E-state index contributed by atoms with van der Waals surface area (Å²) < 4.78 is 0. The van der Waals surface area contributed by atoms with Gasteiger partial charge >= 0.3 is 0 Å². The molecule has 1 aromatic carbocycles. The number of anilines is 1.